The zero-order chi connectivity index (χ0) is 17.6. The second-order valence-corrected chi connectivity index (χ2v) is 5.31. The van der Waals surface area contributed by atoms with Crippen molar-refractivity contribution in [1.29, 1.82) is 0 Å². The number of carbonyl (C=O) groups excluding carboxylic acids is 1. The summed E-state index contributed by atoms with van der Waals surface area (Å²) in [6, 6.07) is 10.1. The number of halogens is 2. The number of imidazole rings is 1. The summed E-state index contributed by atoms with van der Waals surface area (Å²) < 4.78 is 28.5. The minimum absolute atomic E-state index is 0.178. The highest BCUT2D eigenvalue weighted by atomic mass is 19.3. The predicted molar refractivity (Wildman–Crippen MR) is 90.4 cm³/mol. The van der Waals surface area contributed by atoms with Crippen molar-refractivity contribution in [3.63, 3.8) is 0 Å². The van der Waals surface area contributed by atoms with Crippen molar-refractivity contribution in [1.82, 2.24) is 19.4 Å². The van der Waals surface area contributed by atoms with Gasteiger partial charge in [-0.25, -0.2) is 9.78 Å². The van der Waals surface area contributed by atoms with E-state index in [2.05, 4.69) is 15.6 Å². The van der Waals surface area contributed by atoms with Crippen LogP contribution in [0.25, 0.3) is 11.4 Å². The molecule has 0 saturated carbocycles. The molecule has 0 radical (unpaired) electrons. The van der Waals surface area contributed by atoms with Crippen molar-refractivity contribution in [3.05, 3.63) is 61.2 Å². The summed E-state index contributed by atoms with van der Waals surface area (Å²) >= 11 is 0. The third-order valence-electron chi connectivity index (χ3n) is 3.60. The van der Waals surface area contributed by atoms with Crippen LogP contribution in [-0.2, 0) is 6.54 Å². The molecule has 0 fully saturated rings. The first-order valence-electron chi connectivity index (χ1n) is 7.70. The lowest BCUT2D eigenvalue weighted by Gasteiger charge is -2.10. The van der Waals surface area contributed by atoms with Crippen LogP contribution in [0.15, 0.2) is 61.2 Å². The number of alkyl halides is 2. The molecule has 0 aliphatic carbocycles. The number of urea groups is 1. The van der Waals surface area contributed by atoms with Gasteiger partial charge in [-0.3, -0.25) is 4.57 Å². The van der Waals surface area contributed by atoms with Gasteiger partial charge in [0.15, 0.2) is 0 Å². The van der Waals surface area contributed by atoms with Gasteiger partial charge in [-0.15, -0.1) is 0 Å². The third kappa shape index (κ3) is 4.23. The van der Waals surface area contributed by atoms with Crippen molar-refractivity contribution in [2.75, 3.05) is 11.9 Å². The Kier molecular flexibility index (Phi) is 5.08. The number of aromatic nitrogens is 3. The quantitative estimate of drug-likeness (QED) is 0.717. The minimum Gasteiger partial charge on any atom is -0.353 e. The maximum absolute atomic E-state index is 12.9. The van der Waals surface area contributed by atoms with Crippen LogP contribution in [0.5, 0.6) is 0 Å². The highest BCUT2D eigenvalue weighted by Gasteiger charge is 2.13. The summed E-state index contributed by atoms with van der Waals surface area (Å²) in [7, 11) is 0. The smallest absolute Gasteiger partial charge is 0.320 e. The van der Waals surface area contributed by atoms with Gasteiger partial charge in [0.2, 0.25) is 0 Å². The van der Waals surface area contributed by atoms with Crippen molar-refractivity contribution in [3.8, 4) is 11.4 Å². The van der Waals surface area contributed by atoms with E-state index in [0.717, 1.165) is 4.57 Å². The first-order chi connectivity index (χ1) is 12.1. The summed E-state index contributed by atoms with van der Waals surface area (Å²) in [5.74, 6) is 0.178. The Morgan fingerprint density at radius 1 is 1.12 bits per heavy atom. The summed E-state index contributed by atoms with van der Waals surface area (Å²) in [4.78, 5) is 15.8. The first-order valence-corrected chi connectivity index (χ1v) is 7.70. The third-order valence-corrected chi connectivity index (χ3v) is 3.60. The van der Waals surface area contributed by atoms with Gasteiger partial charge in [-0.1, -0.05) is 0 Å². The van der Waals surface area contributed by atoms with Crippen LogP contribution in [-0.4, -0.2) is 26.7 Å². The summed E-state index contributed by atoms with van der Waals surface area (Å²) in [5.41, 5.74) is 1.11. The Balaban J connectivity index is 1.55. The fraction of sp³-hybridized carbons (Fsp3) is 0.176. The van der Waals surface area contributed by atoms with Gasteiger partial charge in [0.05, 0.1) is 0 Å². The van der Waals surface area contributed by atoms with Gasteiger partial charge in [0.1, 0.15) is 5.82 Å². The van der Waals surface area contributed by atoms with E-state index in [1.807, 2.05) is 29.1 Å². The normalized spacial score (nSPS) is 10.8. The summed E-state index contributed by atoms with van der Waals surface area (Å²) in [5, 5.41) is 5.45. The zero-order valence-corrected chi connectivity index (χ0v) is 13.3. The highest BCUT2D eigenvalue weighted by Crippen LogP contribution is 2.24. The first kappa shape index (κ1) is 16.7. The van der Waals surface area contributed by atoms with E-state index in [4.69, 9.17) is 0 Å². The van der Waals surface area contributed by atoms with E-state index in [1.165, 1.54) is 12.4 Å². The molecule has 6 nitrogen and oxygen atoms in total. The fourth-order valence-corrected chi connectivity index (χ4v) is 2.39. The molecule has 0 aliphatic heterocycles. The van der Waals surface area contributed by atoms with Crippen LogP contribution in [0.2, 0.25) is 0 Å². The Hall–Kier alpha value is -3.16. The van der Waals surface area contributed by atoms with Gasteiger partial charge in [0.25, 0.3) is 0 Å². The largest absolute Gasteiger partial charge is 0.353 e. The molecule has 0 atom stereocenters. The molecule has 0 saturated heterocycles. The van der Waals surface area contributed by atoms with Crippen molar-refractivity contribution >= 4 is 11.7 Å². The number of anilines is 1. The molecular formula is C17H17F2N5O. The number of hydrogen-bond acceptors (Lipinski definition) is 2. The van der Waals surface area contributed by atoms with Gasteiger partial charge in [-0.2, -0.15) is 8.78 Å². The van der Waals surface area contributed by atoms with E-state index in [0.29, 0.717) is 24.3 Å². The van der Waals surface area contributed by atoms with Gasteiger partial charge in [0, 0.05) is 49.1 Å². The molecule has 3 rings (SSSR count). The van der Waals surface area contributed by atoms with E-state index in [1.54, 1.807) is 24.3 Å². The lowest BCUT2D eigenvalue weighted by atomic mass is 10.2. The number of hydrogen-bond donors (Lipinski definition) is 2. The molecule has 2 amide bonds. The Bertz CT molecular complexity index is 812. The Labute approximate surface area is 143 Å². The molecule has 2 heterocycles. The maximum Gasteiger partial charge on any atom is 0.320 e. The second kappa shape index (κ2) is 7.61. The SMILES string of the molecule is O=C(NCCn1cccc1)Nc1ccc(-c2nccn2C(F)F)cc1. The van der Waals surface area contributed by atoms with Crippen LogP contribution in [0.3, 0.4) is 0 Å². The number of nitrogens with one attached hydrogen (secondary N) is 2. The summed E-state index contributed by atoms with van der Waals surface area (Å²) in [6.45, 7) is -1.48. The molecule has 25 heavy (non-hydrogen) atoms. The standard InChI is InChI=1S/C17H17F2N5O/c18-16(19)24-12-8-20-15(24)13-3-5-14(6-4-13)22-17(25)21-7-11-23-9-1-2-10-23/h1-6,8-10,12,16H,7,11H2,(H2,21,22,25). The molecule has 3 aromatic rings. The Morgan fingerprint density at radius 3 is 2.52 bits per heavy atom. The van der Waals surface area contributed by atoms with Crippen LogP contribution in [0.1, 0.15) is 6.55 Å². The predicted octanol–water partition coefficient (Wildman–Crippen LogP) is 3.57. The lowest BCUT2D eigenvalue weighted by molar-refractivity contribution is 0.0720. The molecule has 0 spiro atoms. The maximum atomic E-state index is 12.9. The molecule has 1 aromatic carbocycles. The van der Waals surface area contributed by atoms with Crippen LogP contribution >= 0.6 is 0 Å². The monoisotopic (exact) mass is 345 g/mol. The number of rotatable bonds is 6. The van der Waals surface area contributed by atoms with E-state index in [-0.39, 0.29) is 11.9 Å². The second-order valence-electron chi connectivity index (χ2n) is 5.31. The van der Waals surface area contributed by atoms with Gasteiger partial charge < -0.3 is 15.2 Å². The molecule has 2 aromatic heterocycles. The topological polar surface area (TPSA) is 63.9 Å². The number of carbonyl (C=O) groups is 1. The molecule has 8 heteroatoms. The molecular weight excluding hydrogens is 328 g/mol. The highest BCUT2D eigenvalue weighted by molar-refractivity contribution is 5.89. The van der Waals surface area contributed by atoms with Crippen LogP contribution in [0, 0.1) is 0 Å². The van der Waals surface area contributed by atoms with E-state index in [9.17, 15) is 13.6 Å². The average Bonchev–Trinajstić information content (AvgIpc) is 3.27. The molecule has 0 aliphatic rings. The average molecular weight is 345 g/mol. The van der Waals surface area contributed by atoms with Crippen LogP contribution < -0.4 is 10.6 Å². The Morgan fingerprint density at radius 2 is 1.84 bits per heavy atom. The number of nitrogens with zero attached hydrogens (tertiary/aromatic N) is 3. The number of benzene rings is 1. The van der Waals surface area contributed by atoms with Crippen LogP contribution in [0.4, 0.5) is 19.3 Å². The molecule has 2 N–H and O–H groups in total. The zero-order valence-electron chi connectivity index (χ0n) is 13.3. The summed E-state index contributed by atoms with van der Waals surface area (Å²) in [6.07, 6.45) is 6.39. The van der Waals surface area contributed by atoms with Crippen molar-refractivity contribution in [2.45, 2.75) is 13.1 Å². The van der Waals surface area contributed by atoms with E-state index >= 15 is 0 Å². The van der Waals surface area contributed by atoms with Crippen molar-refractivity contribution < 1.29 is 13.6 Å². The van der Waals surface area contributed by atoms with Gasteiger partial charge in [-0.05, 0) is 36.4 Å². The molecule has 0 bridgehead atoms. The molecule has 130 valence electrons. The molecule has 0 unspecified atom stereocenters. The van der Waals surface area contributed by atoms with Crippen molar-refractivity contribution in [2.24, 2.45) is 0 Å². The minimum atomic E-state index is -2.65. The van der Waals surface area contributed by atoms with Gasteiger partial charge >= 0.3 is 12.6 Å². The number of amides is 2. The fourth-order valence-electron chi connectivity index (χ4n) is 2.39. The van der Waals surface area contributed by atoms with E-state index < -0.39 is 6.55 Å². The lowest BCUT2D eigenvalue weighted by Crippen LogP contribution is -2.31.